The second-order valence-corrected chi connectivity index (χ2v) is 4.90. The summed E-state index contributed by atoms with van der Waals surface area (Å²) in [5.41, 5.74) is 1.08. The van der Waals surface area contributed by atoms with Gasteiger partial charge in [0.05, 0.1) is 12.8 Å². The lowest BCUT2D eigenvalue weighted by atomic mass is 10.2. The third-order valence-corrected chi connectivity index (χ3v) is 3.36. The number of amides is 1. The van der Waals surface area contributed by atoms with E-state index in [4.69, 9.17) is 16.6 Å². The molecule has 1 aromatic carbocycles. The zero-order valence-corrected chi connectivity index (χ0v) is 11.7. The van der Waals surface area contributed by atoms with Crippen molar-refractivity contribution in [2.24, 2.45) is 0 Å². The van der Waals surface area contributed by atoms with Gasteiger partial charge in [-0.25, -0.2) is 4.39 Å². The highest BCUT2D eigenvalue weighted by Crippen LogP contribution is 2.17. The van der Waals surface area contributed by atoms with Gasteiger partial charge >= 0.3 is 0 Å². The molecule has 1 aliphatic rings. The van der Waals surface area contributed by atoms with Gasteiger partial charge in [-0.2, -0.15) is 0 Å². The topological polar surface area (TPSA) is 45.5 Å². The van der Waals surface area contributed by atoms with Gasteiger partial charge in [0.15, 0.2) is 5.11 Å². The van der Waals surface area contributed by atoms with Crippen molar-refractivity contribution in [3.05, 3.63) is 65.5 Å². The van der Waals surface area contributed by atoms with Crippen molar-refractivity contribution in [3.8, 4) is 0 Å². The maximum atomic E-state index is 12.9. The number of carbonyl (C=O) groups excluding carboxylic acids is 1. The predicted octanol–water partition coefficient (Wildman–Crippen LogP) is 2.68. The first-order chi connectivity index (χ1) is 10.1. The molecule has 21 heavy (non-hydrogen) atoms. The SMILES string of the molecule is O=C1/C(=C\c2ccc(F)cc2)NC(=S)N1Cc1ccco1. The molecular formula is C15H11FN2O2S. The molecule has 0 spiro atoms. The van der Waals surface area contributed by atoms with Crippen molar-refractivity contribution in [2.45, 2.75) is 6.54 Å². The van der Waals surface area contributed by atoms with Crippen LogP contribution in [-0.2, 0) is 11.3 Å². The number of hydrogen-bond acceptors (Lipinski definition) is 3. The summed E-state index contributed by atoms with van der Waals surface area (Å²) in [5.74, 6) is 0.0917. The Labute approximate surface area is 125 Å². The van der Waals surface area contributed by atoms with Crippen LogP contribution in [-0.4, -0.2) is 15.9 Å². The van der Waals surface area contributed by atoms with Gasteiger partial charge in [-0.15, -0.1) is 0 Å². The van der Waals surface area contributed by atoms with Crippen LogP contribution in [0, 0.1) is 5.82 Å². The van der Waals surface area contributed by atoms with E-state index in [1.807, 2.05) is 0 Å². The van der Waals surface area contributed by atoms with E-state index < -0.39 is 0 Å². The summed E-state index contributed by atoms with van der Waals surface area (Å²) >= 11 is 5.16. The van der Waals surface area contributed by atoms with Gasteiger partial charge in [0.25, 0.3) is 5.91 Å². The minimum Gasteiger partial charge on any atom is -0.467 e. The number of hydrogen-bond donors (Lipinski definition) is 1. The number of nitrogens with zero attached hydrogens (tertiary/aromatic N) is 1. The second-order valence-electron chi connectivity index (χ2n) is 4.51. The van der Waals surface area contributed by atoms with E-state index in [-0.39, 0.29) is 18.3 Å². The first-order valence-corrected chi connectivity index (χ1v) is 6.67. The number of carbonyl (C=O) groups is 1. The van der Waals surface area contributed by atoms with E-state index in [0.29, 0.717) is 16.6 Å². The molecule has 1 N–H and O–H groups in total. The highest BCUT2D eigenvalue weighted by atomic mass is 32.1. The molecular weight excluding hydrogens is 291 g/mol. The molecule has 1 fully saturated rings. The number of benzene rings is 1. The molecule has 0 unspecified atom stereocenters. The molecule has 1 aromatic heterocycles. The number of furan rings is 1. The van der Waals surface area contributed by atoms with E-state index in [0.717, 1.165) is 5.56 Å². The van der Waals surface area contributed by atoms with E-state index >= 15 is 0 Å². The summed E-state index contributed by atoms with van der Waals surface area (Å²) in [5, 5.41) is 3.19. The molecule has 0 bridgehead atoms. The van der Waals surface area contributed by atoms with Crippen molar-refractivity contribution in [1.82, 2.24) is 10.2 Å². The van der Waals surface area contributed by atoms with Crippen LogP contribution >= 0.6 is 12.2 Å². The summed E-state index contributed by atoms with van der Waals surface area (Å²) < 4.78 is 18.1. The lowest BCUT2D eigenvalue weighted by Gasteiger charge is -2.11. The summed E-state index contributed by atoms with van der Waals surface area (Å²) in [4.78, 5) is 13.7. The largest absolute Gasteiger partial charge is 0.467 e. The Bertz CT molecular complexity index is 708. The molecule has 2 aromatic rings. The zero-order chi connectivity index (χ0) is 14.8. The average Bonchev–Trinajstić information content (AvgIpc) is 3.06. The quantitative estimate of drug-likeness (QED) is 0.699. The maximum absolute atomic E-state index is 12.9. The molecule has 0 radical (unpaired) electrons. The van der Waals surface area contributed by atoms with Crippen LogP contribution in [0.5, 0.6) is 0 Å². The fourth-order valence-corrected chi connectivity index (χ4v) is 2.26. The smallest absolute Gasteiger partial charge is 0.276 e. The van der Waals surface area contributed by atoms with Crippen molar-refractivity contribution < 1.29 is 13.6 Å². The highest BCUT2D eigenvalue weighted by molar-refractivity contribution is 7.80. The van der Waals surface area contributed by atoms with E-state index in [2.05, 4.69) is 5.32 Å². The summed E-state index contributed by atoms with van der Waals surface area (Å²) in [6.45, 7) is 0.276. The van der Waals surface area contributed by atoms with Gasteiger partial charge in [0, 0.05) is 0 Å². The summed E-state index contributed by atoms with van der Waals surface area (Å²) in [6.07, 6.45) is 3.18. The van der Waals surface area contributed by atoms with Crippen molar-refractivity contribution >= 4 is 29.3 Å². The Balaban J connectivity index is 1.81. The number of thiocarbonyl (C=S) groups is 1. The molecule has 1 saturated heterocycles. The third kappa shape index (κ3) is 2.85. The van der Waals surface area contributed by atoms with Crippen molar-refractivity contribution in [3.63, 3.8) is 0 Å². The Morgan fingerprint density at radius 3 is 2.71 bits per heavy atom. The number of rotatable bonds is 3. The normalized spacial score (nSPS) is 16.6. The minimum absolute atomic E-state index is 0.235. The lowest BCUT2D eigenvalue weighted by Crippen LogP contribution is -2.29. The predicted molar refractivity (Wildman–Crippen MR) is 79.4 cm³/mol. The van der Waals surface area contributed by atoms with Crippen LogP contribution in [0.15, 0.2) is 52.8 Å². The zero-order valence-electron chi connectivity index (χ0n) is 10.9. The summed E-state index contributed by atoms with van der Waals surface area (Å²) in [7, 11) is 0. The highest BCUT2D eigenvalue weighted by Gasteiger charge is 2.31. The van der Waals surface area contributed by atoms with Gasteiger partial charge in [-0.3, -0.25) is 9.69 Å². The maximum Gasteiger partial charge on any atom is 0.276 e. The molecule has 0 atom stereocenters. The van der Waals surface area contributed by atoms with Crippen LogP contribution < -0.4 is 5.32 Å². The van der Waals surface area contributed by atoms with E-state index in [1.165, 1.54) is 17.0 Å². The number of nitrogens with one attached hydrogen (secondary N) is 1. The van der Waals surface area contributed by atoms with Crippen LogP contribution in [0.25, 0.3) is 6.08 Å². The molecule has 4 nitrogen and oxygen atoms in total. The molecule has 3 rings (SSSR count). The lowest BCUT2D eigenvalue weighted by molar-refractivity contribution is -0.122. The molecule has 1 aliphatic heterocycles. The summed E-state index contributed by atoms with van der Waals surface area (Å²) in [6, 6.07) is 9.39. The average molecular weight is 302 g/mol. The fourth-order valence-electron chi connectivity index (χ4n) is 2.00. The van der Waals surface area contributed by atoms with E-state index in [9.17, 15) is 9.18 Å². The Morgan fingerprint density at radius 1 is 1.29 bits per heavy atom. The Kier molecular flexibility index (Phi) is 3.53. The Morgan fingerprint density at radius 2 is 2.05 bits per heavy atom. The molecule has 6 heteroatoms. The van der Waals surface area contributed by atoms with Gasteiger partial charge in [-0.05, 0) is 48.1 Å². The Hall–Kier alpha value is -2.47. The molecule has 2 heterocycles. The molecule has 0 aliphatic carbocycles. The first-order valence-electron chi connectivity index (χ1n) is 6.26. The first kappa shape index (κ1) is 13.5. The minimum atomic E-state index is -0.321. The van der Waals surface area contributed by atoms with Gasteiger partial charge in [-0.1, -0.05) is 12.1 Å². The standard InChI is InChI=1S/C15H11FN2O2S/c16-11-5-3-10(4-6-11)8-13-14(19)18(15(21)17-13)9-12-2-1-7-20-12/h1-8H,9H2,(H,17,21)/b13-8+. The fraction of sp³-hybridized carbons (Fsp3) is 0.0667. The van der Waals surface area contributed by atoms with Crippen LogP contribution in [0.2, 0.25) is 0 Å². The third-order valence-electron chi connectivity index (χ3n) is 3.04. The van der Waals surface area contributed by atoms with Crippen molar-refractivity contribution in [1.29, 1.82) is 0 Å². The second kappa shape index (κ2) is 5.49. The van der Waals surface area contributed by atoms with Crippen LogP contribution in [0.4, 0.5) is 4.39 Å². The van der Waals surface area contributed by atoms with Crippen LogP contribution in [0.3, 0.4) is 0 Å². The van der Waals surface area contributed by atoms with Gasteiger partial charge in [0.2, 0.25) is 0 Å². The van der Waals surface area contributed by atoms with Crippen molar-refractivity contribution in [2.75, 3.05) is 0 Å². The molecule has 1 amide bonds. The van der Waals surface area contributed by atoms with Crippen LogP contribution in [0.1, 0.15) is 11.3 Å². The van der Waals surface area contributed by atoms with Gasteiger partial charge < -0.3 is 9.73 Å². The van der Waals surface area contributed by atoms with E-state index in [1.54, 1.807) is 36.6 Å². The molecule has 106 valence electrons. The number of halogens is 1. The molecule has 0 saturated carbocycles. The monoisotopic (exact) mass is 302 g/mol. The van der Waals surface area contributed by atoms with Gasteiger partial charge in [0.1, 0.15) is 17.3 Å².